The Balaban J connectivity index is 0. The van der Waals surface area contributed by atoms with Crippen LogP contribution >= 0.6 is 19.7 Å². The second-order valence-corrected chi connectivity index (χ2v) is 16.6. The molecule has 0 aromatic carbocycles. The van der Waals surface area contributed by atoms with Gasteiger partial charge in [0.15, 0.2) is 0 Å². The number of hydrogen-bond donors (Lipinski definition) is 0. The predicted molar refractivity (Wildman–Crippen MR) is 169 cm³/mol. The van der Waals surface area contributed by atoms with Gasteiger partial charge in [-0.25, -0.2) is 0 Å². The minimum Gasteiger partial charge on any atom is -0.147 e. The second-order valence-electron chi connectivity index (χ2n) is 11.6. The van der Waals surface area contributed by atoms with Crippen LogP contribution in [0.2, 0.25) is 0 Å². The van der Waals surface area contributed by atoms with Crippen molar-refractivity contribution in [2.75, 3.05) is 24.6 Å². The minimum atomic E-state index is -1.07. The van der Waals surface area contributed by atoms with Crippen LogP contribution in [0.3, 0.4) is 0 Å². The molecule has 0 unspecified atom stereocenters. The molecule has 0 aliphatic heterocycles. The standard InChI is InChI=1S/C32H69P.ClH/c1-5-9-13-17-21-25-29-33(30-26-22-18-14-10-6-2,31-27-23-19-15-11-7-3)32-28-24-20-16-12-8-4;/h33H,5-32H2,1-4H3;1H. The summed E-state index contributed by atoms with van der Waals surface area (Å²) in [6.45, 7) is 9.39. The van der Waals surface area contributed by atoms with Crippen molar-refractivity contribution in [1.29, 1.82) is 0 Å². The number of unbranched alkanes of at least 4 members (excludes halogenated alkanes) is 20. The van der Waals surface area contributed by atoms with Crippen molar-refractivity contribution in [3.63, 3.8) is 0 Å². The summed E-state index contributed by atoms with van der Waals surface area (Å²) in [5, 5.41) is 0. The summed E-state index contributed by atoms with van der Waals surface area (Å²) >= 11 is 0. The molecule has 0 aliphatic carbocycles. The summed E-state index contributed by atoms with van der Waals surface area (Å²) in [5.74, 6) is 0. The summed E-state index contributed by atoms with van der Waals surface area (Å²) in [5.41, 5.74) is 0. The Labute approximate surface area is 225 Å². The zero-order valence-corrected chi connectivity index (χ0v) is 26.5. The van der Waals surface area contributed by atoms with Crippen molar-refractivity contribution >= 4 is 19.7 Å². The van der Waals surface area contributed by atoms with Crippen LogP contribution in [0.25, 0.3) is 0 Å². The van der Waals surface area contributed by atoms with Gasteiger partial charge >= 0.3 is 214 Å². The average Bonchev–Trinajstić information content (AvgIpc) is 2.83. The van der Waals surface area contributed by atoms with Crippen LogP contribution in [0.15, 0.2) is 0 Å². The van der Waals surface area contributed by atoms with E-state index >= 15 is 0 Å². The molecule has 0 aliphatic rings. The van der Waals surface area contributed by atoms with Crippen molar-refractivity contribution in [2.24, 2.45) is 0 Å². The molecule has 0 rings (SSSR count). The monoisotopic (exact) mass is 520 g/mol. The Morgan fingerprint density at radius 2 is 0.441 bits per heavy atom. The molecule has 0 saturated heterocycles. The van der Waals surface area contributed by atoms with E-state index in [-0.39, 0.29) is 12.4 Å². The van der Waals surface area contributed by atoms with Gasteiger partial charge in [-0.05, 0) is 0 Å². The molecule has 0 aromatic rings. The molecule has 34 heavy (non-hydrogen) atoms. The molecular formula is C32H70ClP. The maximum Gasteiger partial charge on any atom is -0.147 e. The molecule has 0 bridgehead atoms. The van der Waals surface area contributed by atoms with Crippen LogP contribution in [0.5, 0.6) is 0 Å². The fourth-order valence-corrected chi connectivity index (χ4v) is 11.4. The van der Waals surface area contributed by atoms with Crippen molar-refractivity contribution in [2.45, 2.75) is 182 Å². The maximum atomic E-state index is 2.35. The van der Waals surface area contributed by atoms with Gasteiger partial charge in [0.2, 0.25) is 0 Å². The minimum absolute atomic E-state index is 0. The molecular weight excluding hydrogens is 451 g/mol. The summed E-state index contributed by atoms with van der Waals surface area (Å²) < 4.78 is 0. The van der Waals surface area contributed by atoms with Gasteiger partial charge in [0.05, 0.1) is 0 Å². The van der Waals surface area contributed by atoms with Crippen molar-refractivity contribution in [1.82, 2.24) is 0 Å². The van der Waals surface area contributed by atoms with Crippen LogP contribution in [0, 0.1) is 0 Å². The normalized spacial score (nSPS) is 12.1. The Hall–Kier alpha value is 0.720. The maximum absolute atomic E-state index is 2.35. The van der Waals surface area contributed by atoms with E-state index in [0.717, 1.165) is 0 Å². The number of halogens is 1. The summed E-state index contributed by atoms with van der Waals surface area (Å²) in [7, 11) is -1.07. The van der Waals surface area contributed by atoms with E-state index in [2.05, 4.69) is 27.7 Å². The Kier molecular flexibility index (Phi) is 32.5. The zero-order valence-electron chi connectivity index (χ0n) is 24.7. The first kappa shape index (κ1) is 36.9. The summed E-state index contributed by atoms with van der Waals surface area (Å²) in [6.07, 6.45) is 42.4. The fraction of sp³-hybridized carbons (Fsp3) is 1.00. The topological polar surface area (TPSA) is 0 Å². The molecule has 0 aromatic heterocycles. The van der Waals surface area contributed by atoms with Crippen LogP contribution in [0.1, 0.15) is 182 Å². The number of rotatable bonds is 28. The van der Waals surface area contributed by atoms with Gasteiger partial charge in [0, 0.05) is 0 Å². The third-order valence-electron chi connectivity index (χ3n) is 8.24. The van der Waals surface area contributed by atoms with E-state index in [1.165, 1.54) is 128 Å². The molecule has 0 N–H and O–H groups in total. The average molecular weight is 521 g/mol. The van der Waals surface area contributed by atoms with Gasteiger partial charge in [-0.2, -0.15) is 0 Å². The molecule has 0 heterocycles. The van der Waals surface area contributed by atoms with Gasteiger partial charge in [-0.1, -0.05) is 0 Å². The van der Waals surface area contributed by atoms with Gasteiger partial charge in [0.1, 0.15) is 0 Å². The van der Waals surface area contributed by atoms with E-state index in [1.54, 1.807) is 50.3 Å². The van der Waals surface area contributed by atoms with E-state index in [1.807, 2.05) is 0 Å². The fourth-order valence-electron chi connectivity index (χ4n) is 5.87. The van der Waals surface area contributed by atoms with Gasteiger partial charge in [-0.15, -0.1) is 12.4 Å². The van der Waals surface area contributed by atoms with Crippen molar-refractivity contribution < 1.29 is 0 Å². The van der Waals surface area contributed by atoms with Crippen molar-refractivity contribution in [3.8, 4) is 0 Å². The Bertz CT molecular complexity index is 287. The summed E-state index contributed by atoms with van der Waals surface area (Å²) in [4.78, 5) is 0. The van der Waals surface area contributed by atoms with E-state index < -0.39 is 7.26 Å². The largest absolute Gasteiger partial charge is 0.147 e. The van der Waals surface area contributed by atoms with Crippen LogP contribution in [-0.4, -0.2) is 24.6 Å². The molecule has 0 amide bonds. The van der Waals surface area contributed by atoms with Crippen LogP contribution in [0.4, 0.5) is 0 Å². The summed E-state index contributed by atoms with van der Waals surface area (Å²) in [6, 6.07) is 0. The first-order valence-corrected chi connectivity index (χ1v) is 19.1. The van der Waals surface area contributed by atoms with Crippen LogP contribution < -0.4 is 0 Å². The Morgan fingerprint density at radius 1 is 0.265 bits per heavy atom. The molecule has 2 heteroatoms. The molecule has 0 spiro atoms. The van der Waals surface area contributed by atoms with E-state index in [0.29, 0.717) is 0 Å². The zero-order chi connectivity index (χ0) is 24.3. The molecule has 0 fully saturated rings. The van der Waals surface area contributed by atoms with E-state index in [9.17, 15) is 0 Å². The number of hydrogen-bond acceptors (Lipinski definition) is 0. The molecule has 210 valence electrons. The van der Waals surface area contributed by atoms with E-state index in [4.69, 9.17) is 0 Å². The third kappa shape index (κ3) is 24.4. The first-order chi connectivity index (χ1) is 16.2. The van der Waals surface area contributed by atoms with Gasteiger partial charge < -0.3 is 0 Å². The van der Waals surface area contributed by atoms with Gasteiger partial charge in [0.25, 0.3) is 0 Å². The van der Waals surface area contributed by atoms with Crippen molar-refractivity contribution in [3.05, 3.63) is 0 Å². The van der Waals surface area contributed by atoms with Gasteiger partial charge in [-0.3, -0.25) is 0 Å². The molecule has 0 saturated carbocycles. The Morgan fingerprint density at radius 3 is 0.647 bits per heavy atom. The quantitative estimate of drug-likeness (QED) is 0.0710. The predicted octanol–water partition coefficient (Wildman–Crippen LogP) is 12.6. The van der Waals surface area contributed by atoms with Crippen LogP contribution in [-0.2, 0) is 0 Å². The molecule has 0 radical (unpaired) electrons. The molecule has 0 nitrogen and oxygen atoms in total. The SMILES string of the molecule is CCCCCCCC[PH](CCCCCCCC)(CCCCCCCC)CCCCCCCC.Cl. The second kappa shape index (κ2) is 29.9. The smallest absolute Gasteiger partial charge is 0.147 e. The third-order valence-corrected chi connectivity index (χ3v) is 13.9. The first-order valence-electron chi connectivity index (χ1n) is 16.2. The molecule has 0 atom stereocenters.